The van der Waals surface area contributed by atoms with Crippen molar-refractivity contribution in [3.05, 3.63) is 109 Å². The van der Waals surface area contributed by atoms with Gasteiger partial charge in [-0.05, 0) is 109 Å². The van der Waals surface area contributed by atoms with Gasteiger partial charge in [0.1, 0.15) is 25.4 Å². The molecule has 4 N–H and O–H groups in total. The molecule has 0 rings (SSSR count). The van der Waals surface area contributed by atoms with Crippen molar-refractivity contribution < 1.29 is 75.8 Å². The summed E-state index contributed by atoms with van der Waals surface area (Å²) in [6.45, 7) is 2.54. The Morgan fingerprint density at radius 2 is 0.535 bits per heavy atom. The van der Waals surface area contributed by atoms with E-state index in [2.05, 4.69) is 130 Å². The maximum atomic E-state index is 12.9. The molecule has 0 aromatic carbocycles. The van der Waals surface area contributed by atoms with E-state index in [4.69, 9.17) is 32.3 Å². The molecule has 99 heavy (non-hydrogen) atoms. The van der Waals surface area contributed by atoms with E-state index in [1.54, 1.807) is 0 Å². The smallest absolute Gasteiger partial charge is 0.463 e. The minimum absolute atomic E-state index is 0.105. The average Bonchev–Trinajstić information content (AvgIpc) is 1.15. The molecule has 0 aliphatic heterocycles. The largest absolute Gasteiger partial charge is 0.472 e. The molecule has 572 valence electrons. The first-order valence-corrected chi connectivity index (χ1v) is 42.2. The third-order valence-corrected chi connectivity index (χ3v) is 18.4. The highest BCUT2D eigenvalue weighted by Gasteiger charge is 2.29. The Morgan fingerprint density at radius 3 is 0.869 bits per heavy atom. The topological polar surface area (TPSA) is 231 Å². The third-order valence-electron chi connectivity index (χ3n) is 16.5. The van der Waals surface area contributed by atoms with Gasteiger partial charge in [0.2, 0.25) is 0 Å². The van der Waals surface area contributed by atoms with Gasteiger partial charge in [0.15, 0.2) is 6.10 Å². The summed E-state index contributed by atoms with van der Waals surface area (Å²) in [5.74, 6) is -1.57. The monoisotopic (exact) mass is 1430 g/mol. The molecule has 0 aliphatic rings. The number of carbonyl (C=O) groups excluding carboxylic acids is 3. The number of carbonyl (C=O) groups is 3. The van der Waals surface area contributed by atoms with Gasteiger partial charge in [-0.2, -0.15) is 0 Å². The van der Waals surface area contributed by atoms with Crippen LogP contribution in [0.25, 0.3) is 0 Å². The van der Waals surface area contributed by atoms with Crippen molar-refractivity contribution >= 4 is 33.6 Å². The number of unbranched alkanes of at least 4 members (excludes halogenated alkanes) is 33. The summed E-state index contributed by atoms with van der Waals surface area (Å²) in [5.41, 5.74) is 0. The first-order chi connectivity index (χ1) is 48.2. The summed E-state index contributed by atoms with van der Waals surface area (Å²) in [6, 6.07) is 0. The molecule has 0 amide bonds. The number of allylic oxidation sites excluding steroid dienone is 18. The van der Waals surface area contributed by atoms with Gasteiger partial charge in [0.05, 0.1) is 26.4 Å². The van der Waals surface area contributed by atoms with E-state index < -0.39 is 91.5 Å². The normalized spacial score (nSPS) is 14.6. The maximum Gasteiger partial charge on any atom is 0.472 e. The fraction of sp³-hybridized carbons (Fsp3) is 0.741. The Kier molecular flexibility index (Phi) is 71.1. The fourth-order valence-electron chi connectivity index (χ4n) is 10.5. The third kappa shape index (κ3) is 75.2. The van der Waals surface area contributed by atoms with Crippen molar-refractivity contribution in [1.29, 1.82) is 0 Å². The van der Waals surface area contributed by atoms with Crippen molar-refractivity contribution in [3.63, 3.8) is 0 Å². The van der Waals surface area contributed by atoms with Crippen LogP contribution in [0.3, 0.4) is 0 Å². The van der Waals surface area contributed by atoms with E-state index in [9.17, 15) is 43.5 Å². The Labute approximate surface area is 602 Å². The minimum atomic E-state index is -4.93. The number of phosphoric acid groups is 2. The lowest BCUT2D eigenvalue weighted by atomic mass is 10.0. The van der Waals surface area contributed by atoms with Crippen LogP contribution in [0.15, 0.2) is 109 Å². The number of esters is 3. The lowest BCUT2D eigenvalue weighted by molar-refractivity contribution is -0.161. The van der Waals surface area contributed by atoms with E-state index >= 15 is 0 Å². The molecule has 0 saturated heterocycles. The standard InChI is InChI=1S/C81H142O16P2/c1-4-7-10-13-16-19-22-24-26-28-30-32-34-36-37-39-41-42-44-46-48-50-53-55-58-61-64-67-79(84)91-70-76(82)71-93-98(87,88)94-72-77(83)73-95-99(89,90)96-75-78(97-81(86)69-66-63-60-57-52-21-18-15-12-9-6-3)74-92-80(85)68-65-62-59-56-54-51-49-47-45-43-40-38-35-33-31-29-27-25-23-20-17-14-11-8-5-2/h8,11,16-17,19-20,24-27,30-33,36-38,40,76-78,82-83H,4-7,9-10,12-15,18,21-23,28-29,34-35,39,41-75H2,1-3H3,(H,87,88)(H,89,90)/b11-8-,19-16-,20-17-,26-24-,27-25-,32-30-,33-31-,37-36-,40-38-. The van der Waals surface area contributed by atoms with Crippen molar-refractivity contribution in [1.82, 2.24) is 0 Å². The minimum Gasteiger partial charge on any atom is -0.463 e. The van der Waals surface area contributed by atoms with Crippen molar-refractivity contribution in [3.8, 4) is 0 Å². The zero-order valence-corrected chi connectivity index (χ0v) is 64.2. The van der Waals surface area contributed by atoms with Crippen molar-refractivity contribution in [2.45, 2.75) is 347 Å². The van der Waals surface area contributed by atoms with Gasteiger partial charge in [-0.1, -0.05) is 310 Å². The highest BCUT2D eigenvalue weighted by Crippen LogP contribution is 2.45. The summed E-state index contributed by atoms with van der Waals surface area (Å²) in [5, 5.41) is 20.6. The van der Waals surface area contributed by atoms with Gasteiger partial charge < -0.3 is 34.2 Å². The van der Waals surface area contributed by atoms with Crippen LogP contribution in [0.1, 0.15) is 329 Å². The molecule has 0 bridgehead atoms. The summed E-state index contributed by atoms with van der Waals surface area (Å²) in [4.78, 5) is 58.5. The maximum absolute atomic E-state index is 12.9. The molecule has 0 aliphatic carbocycles. The van der Waals surface area contributed by atoms with Crippen LogP contribution in [0.2, 0.25) is 0 Å². The van der Waals surface area contributed by atoms with Crippen molar-refractivity contribution in [2.75, 3.05) is 39.6 Å². The molecule has 5 atom stereocenters. The van der Waals surface area contributed by atoms with Crippen molar-refractivity contribution in [2.24, 2.45) is 0 Å². The molecule has 0 aromatic heterocycles. The van der Waals surface area contributed by atoms with E-state index in [0.717, 1.165) is 135 Å². The Bertz CT molecular complexity index is 2240. The van der Waals surface area contributed by atoms with Crippen LogP contribution in [-0.4, -0.2) is 95.9 Å². The molecule has 0 fully saturated rings. The van der Waals surface area contributed by atoms with Gasteiger partial charge in [-0.3, -0.25) is 32.5 Å². The number of hydrogen-bond donors (Lipinski definition) is 4. The van der Waals surface area contributed by atoms with Crippen LogP contribution >= 0.6 is 15.6 Å². The van der Waals surface area contributed by atoms with Gasteiger partial charge in [-0.15, -0.1) is 0 Å². The van der Waals surface area contributed by atoms with Crippen LogP contribution in [0.4, 0.5) is 0 Å². The second-order valence-corrected chi connectivity index (χ2v) is 29.0. The van der Waals surface area contributed by atoms with Crippen LogP contribution in [0.5, 0.6) is 0 Å². The first-order valence-electron chi connectivity index (χ1n) is 39.2. The number of rotatable bonds is 74. The van der Waals surface area contributed by atoms with Gasteiger partial charge in [-0.25, -0.2) is 9.13 Å². The second kappa shape index (κ2) is 73.9. The Balaban J connectivity index is 4.47. The molecule has 16 nitrogen and oxygen atoms in total. The van der Waals surface area contributed by atoms with Crippen LogP contribution < -0.4 is 0 Å². The second-order valence-electron chi connectivity index (χ2n) is 26.1. The molecule has 0 heterocycles. The quantitative estimate of drug-likeness (QED) is 0.0146. The van der Waals surface area contributed by atoms with Crippen LogP contribution in [0, 0.1) is 0 Å². The summed E-state index contributed by atoms with van der Waals surface area (Å²) in [7, 11) is -9.78. The molecular weight excluding hydrogens is 1290 g/mol. The zero-order valence-electron chi connectivity index (χ0n) is 62.4. The molecule has 5 unspecified atom stereocenters. The number of ether oxygens (including phenoxy) is 3. The van der Waals surface area contributed by atoms with Gasteiger partial charge in [0, 0.05) is 19.3 Å². The predicted octanol–water partition coefficient (Wildman–Crippen LogP) is 22.8. The number of aliphatic hydroxyl groups excluding tert-OH is 2. The van der Waals surface area contributed by atoms with Crippen LogP contribution in [-0.2, 0) is 55.8 Å². The predicted molar refractivity (Wildman–Crippen MR) is 408 cm³/mol. The van der Waals surface area contributed by atoms with Gasteiger partial charge >= 0.3 is 33.6 Å². The van der Waals surface area contributed by atoms with E-state index in [1.807, 2.05) is 0 Å². The lowest BCUT2D eigenvalue weighted by Gasteiger charge is -2.21. The summed E-state index contributed by atoms with van der Waals surface area (Å²) >= 11 is 0. The Morgan fingerprint density at radius 1 is 0.293 bits per heavy atom. The number of phosphoric ester groups is 2. The highest BCUT2D eigenvalue weighted by atomic mass is 31.2. The highest BCUT2D eigenvalue weighted by molar-refractivity contribution is 7.47. The van der Waals surface area contributed by atoms with E-state index in [0.29, 0.717) is 19.3 Å². The summed E-state index contributed by atoms with van der Waals surface area (Å²) in [6.07, 6.45) is 85.7. The fourth-order valence-corrected chi connectivity index (χ4v) is 12.1. The molecule has 0 radical (unpaired) electrons. The molecule has 18 heteroatoms. The average molecular weight is 1430 g/mol. The number of aliphatic hydroxyl groups is 2. The van der Waals surface area contributed by atoms with E-state index in [1.165, 1.54) is 135 Å². The summed E-state index contributed by atoms with van der Waals surface area (Å²) < 4.78 is 61.1. The molecule has 0 saturated carbocycles. The molecular formula is C81H142O16P2. The molecule has 0 spiro atoms. The van der Waals surface area contributed by atoms with Gasteiger partial charge in [0.25, 0.3) is 0 Å². The lowest BCUT2D eigenvalue weighted by Crippen LogP contribution is -2.30. The number of hydrogen-bond acceptors (Lipinski definition) is 14. The molecule has 0 aromatic rings. The first kappa shape index (κ1) is 95.2. The van der Waals surface area contributed by atoms with E-state index in [-0.39, 0.29) is 19.3 Å². The Hall–Kier alpha value is -3.79. The SMILES string of the molecule is CC/C=C\C/C=C\C/C=C\C/C=C\C/C=C\CCCCCCCCCCCC(=O)OCC(COP(=O)(O)OCC(O)COP(=O)(O)OCC(O)COC(=O)CCCCCCCCCCCCC/C=C\C/C=C\C/C=C\C/C=C\CCCCC)OC(=O)CCCCCCCCCCCCC. The zero-order chi connectivity index (χ0) is 72.3.